The summed E-state index contributed by atoms with van der Waals surface area (Å²) in [7, 11) is 2.12. The summed E-state index contributed by atoms with van der Waals surface area (Å²) >= 11 is 0. The van der Waals surface area contributed by atoms with Crippen LogP contribution in [0.2, 0.25) is 0 Å². The van der Waals surface area contributed by atoms with Crippen molar-refractivity contribution in [1.29, 1.82) is 0 Å². The predicted molar refractivity (Wildman–Crippen MR) is 77.8 cm³/mol. The molecule has 2 aliphatic rings. The summed E-state index contributed by atoms with van der Waals surface area (Å²) in [4.78, 5) is 17.3. The minimum Gasteiger partial charge on any atom is -0.337 e. The summed E-state index contributed by atoms with van der Waals surface area (Å²) in [6.07, 6.45) is 4.24. The van der Waals surface area contributed by atoms with Crippen LogP contribution >= 0.6 is 0 Å². The van der Waals surface area contributed by atoms with Gasteiger partial charge in [-0.15, -0.1) is 0 Å². The number of amides is 1. The Morgan fingerprint density at radius 2 is 1.89 bits per heavy atom. The van der Waals surface area contributed by atoms with E-state index in [1.165, 1.54) is 0 Å². The lowest BCUT2D eigenvalue weighted by Crippen LogP contribution is -2.58. The Balaban J connectivity index is 2.08. The Morgan fingerprint density at radius 3 is 2.42 bits per heavy atom. The summed E-state index contributed by atoms with van der Waals surface area (Å²) in [5.41, 5.74) is 5.74. The van der Waals surface area contributed by atoms with Crippen LogP contribution in [-0.4, -0.2) is 55.0 Å². The zero-order valence-corrected chi connectivity index (χ0v) is 12.7. The Kier molecular flexibility index (Phi) is 4.51. The van der Waals surface area contributed by atoms with E-state index >= 15 is 0 Å². The van der Waals surface area contributed by atoms with E-state index in [1.807, 2.05) is 0 Å². The normalized spacial score (nSPS) is 37.4. The van der Waals surface area contributed by atoms with E-state index in [2.05, 4.69) is 30.7 Å². The summed E-state index contributed by atoms with van der Waals surface area (Å²) < 4.78 is 0. The molecule has 1 saturated heterocycles. The fraction of sp³-hybridized carbons (Fsp3) is 0.933. The zero-order valence-electron chi connectivity index (χ0n) is 12.7. The van der Waals surface area contributed by atoms with Crippen LogP contribution in [0.15, 0.2) is 0 Å². The van der Waals surface area contributed by atoms with Crippen LogP contribution in [0.1, 0.15) is 39.5 Å². The van der Waals surface area contributed by atoms with E-state index in [9.17, 15) is 4.79 Å². The van der Waals surface area contributed by atoms with Gasteiger partial charge in [0.1, 0.15) is 0 Å². The molecular formula is C15H29N3O. The highest BCUT2D eigenvalue weighted by atomic mass is 16.2. The summed E-state index contributed by atoms with van der Waals surface area (Å²) in [5.74, 6) is 1.07. The van der Waals surface area contributed by atoms with Gasteiger partial charge in [-0.1, -0.05) is 6.92 Å². The van der Waals surface area contributed by atoms with E-state index in [4.69, 9.17) is 5.73 Å². The number of piperazine rings is 1. The second-order valence-corrected chi connectivity index (χ2v) is 6.78. The van der Waals surface area contributed by atoms with Crippen molar-refractivity contribution in [2.75, 3.05) is 33.2 Å². The smallest absolute Gasteiger partial charge is 0.230 e. The van der Waals surface area contributed by atoms with E-state index in [0.29, 0.717) is 18.5 Å². The monoisotopic (exact) mass is 267 g/mol. The molecule has 2 N–H and O–H groups in total. The molecule has 1 heterocycles. The van der Waals surface area contributed by atoms with E-state index < -0.39 is 0 Å². The molecule has 0 aromatic carbocycles. The molecule has 0 bridgehead atoms. The minimum atomic E-state index is -0.267. The maximum Gasteiger partial charge on any atom is 0.230 e. The summed E-state index contributed by atoms with van der Waals surface area (Å²) in [6.45, 7) is 7.76. The average molecular weight is 267 g/mol. The summed E-state index contributed by atoms with van der Waals surface area (Å²) in [6, 6.07) is 0.314. The lowest BCUT2D eigenvalue weighted by molar-refractivity contribution is -0.148. The van der Waals surface area contributed by atoms with Gasteiger partial charge in [0, 0.05) is 32.2 Å². The number of nitrogens with two attached hydrogens (primary N) is 1. The molecule has 19 heavy (non-hydrogen) atoms. The fourth-order valence-electron chi connectivity index (χ4n) is 3.57. The Labute approximate surface area is 117 Å². The first-order valence-corrected chi connectivity index (χ1v) is 7.68. The largest absolute Gasteiger partial charge is 0.337 e. The first-order chi connectivity index (χ1) is 8.98. The second kappa shape index (κ2) is 5.80. The molecule has 1 aliphatic heterocycles. The van der Waals surface area contributed by atoms with Gasteiger partial charge in [-0.3, -0.25) is 4.79 Å². The van der Waals surface area contributed by atoms with Gasteiger partial charge >= 0.3 is 0 Å². The van der Waals surface area contributed by atoms with Gasteiger partial charge in [0.05, 0.1) is 5.41 Å². The van der Waals surface area contributed by atoms with Gasteiger partial charge in [-0.25, -0.2) is 0 Å². The van der Waals surface area contributed by atoms with Crippen LogP contribution in [0.3, 0.4) is 0 Å². The molecule has 1 amide bonds. The van der Waals surface area contributed by atoms with Crippen LogP contribution in [0.25, 0.3) is 0 Å². The first-order valence-electron chi connectivity index (χ1n) is 7.68. The third kappa shape index (κ3) is 2.95. The first kappa shape index (κ1) is 14.8. The molecule has 1 unspecified atom stereocenters. The molecule has 110 valence electrons. The number of likely N-dealkylation sites (N-methyl/N-ethyl adjacent to an activating group) is 1. The summed E-state index contributed by atoms with van der Waals surface area (Å²) in [5, 5.41) is 0. The van der Waals surface area contributed by atoms with Crippen molar-refractivity contribution in [2.45, 2.75) is 45.6 Å². The topological polar surface area (TPSA) is 49.6 Å². The number of carbonyl (C=O) groups excluding carboxylic acids is 1. The highest BCUT2D eigenvalue weighted by Gasteiger charge is 2.43. The van der Waals surface area contributed by atoms with Gasteiger partial charge < -0.3 is 15.5 Å². The molecule has 0 aromatic rings. The van der Waals surface area contributed by atoms with E-state index in [0.717, 1.165) is 51.2 Å². The van der Waals surface area contributed by atoms with Gasteiger partial charge in [0.2, 0.25) is 5.91 Å². The van der Waals surface area contributed by atoms with Crippen LogP contribution in [0, 0.1) is 11.3 Å². The van der Waals surface area contributed by atoms with E-state index in [-0.39, 0.29) is 5.41 Å². The lowest BCUT2D eigenvalue weighted by Gasteiger charge is -2.45. The number of hydrogen-bond acceptors (Lipinski definition) is 3. The Bertz CT molecular complexity index is 323. The molecule has 2 rings (SSSR count). The van der Waals surface area contributed by atoms with Crippen LogP contribution < -0.4 is 5.73 Å². The van der Waals surface area contributed by atoms with Gasteiger partial charge in [0.25, 0.3) is 0 Å². The van der Waals surface area contributed by atoms with Crippen molar-refractivity contribution < 1.29 is 4.79 Å². The quantitative estimate of drug-likeness (QED) is 0.820. The molecule has 2 fully saturated rings. The van der Waals surface area contributed by atoms with Gasteiger partial charge in [-0.2, -0.15) is 0 Å². The standard InChI is InChI=1S/C15H29N3O/c1-12-4-6-15(11-16,7-5-12)14(19)18-9-8-17(3)10-13(18)2/h12-13H,4-11,16H2,1-3H3. The fourth-order valence-corrected chi connectivity index (χ4v) is 3.57. The van der Waals surface area contributed by atoms with Crippen molar-refractivity contribution >= 4 is 5.91 Å². The van der Waals surface area contributed by atoms with Crippen molar-refractivity contribution in [3.05, 3.63) is 0 Å². The number of nitrogens with zero attached hydrogens (tertiary/aromatic N) is 2. The maximum atomic E-state index is 13.0. The van der Waals surface area contributed by atoms with Crippen molar-refractivity contribution in [3.63, 3.8) is 0 Å². The molecular weight excluding hydrogens is 238 g/mol. The van der Waals surface area contributed by atoms with Crippen LogP contribution in [0.5, 0.6) is 0 Å². The molecule has 4 nitrogen and oxygen atoms in total. The van der Waals surface area contributed by atoms with Crippen LogP contribution in [0.4, 0.5) is 0 Å². The van der Waals surface area contributed by atoms with Crippen molar-refractivity contribution in [1.82, 2.24) is 9.80 Å². The third-order valence-electron chi connectivity index (χ3n) is 5.17. The SMILES string of the molecule is CC1CCC(CN)(C(=O)N2CCN(C)CC2C)CC1. The molecule has 1 saturated carbocycles. The highest BCUT2D eigenvalue weighted by molar-refractivity contribution is 5.83. The molecule has 0 aromatic heterocycles. The van der Waals surface area contributed by atoms with E-state index in [1.54, 1.807) is 0 Å². The average Bonchev–Trinajstić information content (AvgIpc) is 2.39. The number of rotatable bonds is 2. The minimum absolute atomic E-state index is 0.267. The predicted octanol–water partition coefficient (Wildman–Crippen LogP) is 1.30. The molecule has 1 aliphatic carbocycles. The molecule has 0 spiro atoms. The Hall–Kier alpha value is -0.610. The highest BCUT2D eigenvalue weighted by Crippen LogP contribution is 2.40. The second-order valence-electron chi connectivity index (χ2n) is 6.78. The van der Waals surface area contributed by atoms with Crippen LogP contribution in [-0.2, 0) is 4.79 Å². The van der Waals surface area contributed by atoms with Crippen molar-refractivity contribution in [2.24, 2.45) is 17.1 Å². The van der Waals surface area contributed by atoms with Gasteiger partial charge in [-0.05, 0) is 45.6 Å². The number of carbonyl (C=O) groups is 1. The molecule has 4 heteroatoms. The third-order valence-corrected chi connectivity index (χ3v) is 5.17. The van der Waals surface area contributed by atoms with Gasteiger partial charge in [0.15, 0.2) is 0 Å². The number of hydrogen-bond donors (Lipinski definition) is 1. The Morgan fingerprint density at radius 1 is 1.26 bits per heavy atom. The molecule has 1 atom stereocenters. The van der Waals surface area contributed by atoms with Crippen molar-refractivity contribution in [3.8, 4) is 0 Å². The lowest BCUT2D eigenvalue weighted by atomic mass is 9.69. The molecule has 0 radical (unpaired) electrons. The maximum absolute atomic E-state index is 13.0. The zero-order chi connectivity index (χ0) is 14.0.